The monoisotopic (exact) mass is 703 g/mol. The van der Waals surface area contributed by atoms with Crippen molar-refractivity contribution in [3.8, 4) is 45.4 Å². The molecule has 11 nitrogen and oxygen atoms in total. The second kappa shape index (κ2) is 15.5. The molecule has 2 amide bonds. The van der Waals surface area contributed by atoms with Crippen molar-refractivity contribution in [3.63, 3.8) is 0 Å². The van der Waals surface area contributed by atoms with Gasteiger partial charge in [-0.2, -0.15) is 0 Å². The molecule has 2 fully saturated rings. The number of nitrogens with zero attached hydrogens (tertiary/aromatic N) is 5. The summed E-state index contributed by atoms with van der Waals surface area (Å²) in [5, 5.41) is 7.35. The van der Waals surface area contributed by atoms with Gasteiger partial charge in [0.2, 0.25) is 23.6 Å². The Bertz CT molecular complexity index is 1850. The number of methoxy groups -OCH3 is 2. The van der Waals surface area contributed by atoms with Gasteiger partial charge in [0.25, 0.3) is 0 Å². The van der Waals surface area contributed by atoms with Crippen LogP contribution in [0, 0.1) is 0 Å². The van der Waals surface area contributed by atoms with E-state index in [2.05, 4.69) is 15.5 Å². The fourth-order valence-corrected chi connectivity index (χ4v) is 6.90. The van der Waals surface area contributed by atoms with Crippen LogP contribution in [0.5, 0.6) is 11.8 Å². The highest BCUT2D eigenvalue weighted by atomic mass is 35.5. The standard InChI is InChI=1S/C36H39Cl2N7O4/c1-22(46)45-16-14-44(15-17-45)21-31-36(49-3)43-30(20-40-31)28-9-5-7-26(34(28)38)25-6-4-8-27(33(25)37)29-12-10-23(35(42-29)48-2)18-39-19-24-11-13-32(47)41-24/h4-10,12,20,24,39H,11,13-19,21H2,1-3H3,(H,41,47)/t24-/m0/s1. The zero-order valence-corrected chi connectivity index (χ0v) is 29.3. The molecule has 0 radical (unpaired) electrons. The summed E-state index contributed by atoms with van der Waals surface area (Å²) >= 11 is 14.2. The summed E-state index contributed by atoms with van der Waals surface area (Å²) in [6, 6.07) is 15.5. The summed E-state index contributed by atoms with van der Waals surface area (Å²) in [6.07, 6.45) is 3.11. The van der Waals surface area contributed by atoms with E-state index in [1.807, 2.05) is 53.4 Å². The minimum Gasteiger partial charge on any atom is -0.481 e. The van der Waals surface area contributed by atoms with Gasteiger partial charge in [0.05, 0.1) is 41.8 Å². The number of benzene rings is 2. The molecule has 2 aliphatic heterocycles. The minimum atomic E-state index is 0.0945. The van der Waals surface area contributed by atoms with E-state index in [1.165, 1.54) is 0 Å². The highest BCUT2D eigenvalue weighted by molar-refractivity contribution is 6.39. The number of piperazine rings is 1. The van der Waals surface area contributed by atoms with Gasteiger partial charge in [-0.3, -0.25) is 19.5 Å². The van der Waals surface area contributed by atoms with Gasteiger partial charge in [-0.25, -0.2) is 9.97 Å². The topological polar surface area (TPSA) is 122 Å². The fourth-order valence-electron chi connectivity index (χ4n) is 6.25. The predicted octanol–water partition coefficient (Wildman–Crippen LogP) is 5.23. The first kappa shape index (κ1) is 34.6. The van der Waals surface area contributed by atoms with Crippen LogP contribution in [-0.2, 0) is 22.7 Å². The number of halogens is 2. The third-order valence-corrected chi connectivity index (χ3v) is 9.77. The van der Waals surface area contributed by atoms with Crippen LogP contribution in [0.4, 0.5) is 0 Å². The summed E-state index contributed by atoms with van der Waals surface area (Å²) in [5.41, 5.74) is 5.78. The van der Waals surface area contributed by atoms with Crippen LogP contribution < -0.4 is 20.1 Å². The van der Waals surface area contributed by atoms with E-state index in [1.54, 1.807) is 27.3 Å². The number of carbonyl (C=O) groups is 2. The lowest BCUT2D eigenvalue weighted by Gasteiger charge is -2.34. The second-order valence-corrected chi connectivity index (χ2v) is 12.9. The van der Waals surface area contributed by atoms with Gasteiger partial charge in [0.1, 0.15) is 5.69 Å². The molecule has 2 N–H and O–H groups in total. The molecule has 13 heteroatoms. The Morgan fingerprint density at radius 3 is 2.14 bits per heavy atom. The van der Waals surface area contributed by atoms with Crippen LogP contribution in [0.3, 0.4) is 0 Å². The number of hydrogen-bond acceptors (Lipinski definition) is 9. The van der Waals surface area contributed by atoms with E-state index in [9.17, 15) is 9.59 Å². The molecule has 2 aromatic heterocycles. The molecule has 0 aliphatic carbocycles. The summed E-state index contributed by atoms with van der Waals surface area (Å²) in [6.45, 7) is 6.27. The summed E-state index contributed by atoms with van der Waals surface area (Å²) < 4.78 is 11.3. The molecule has 49 heavy (non-hydrogen) atoms. The number of amides is 2. The molecule has 2 saturated heterocycles. The molecule has 0 bridgehead atoms. The quantitative estimate of drug-likeness (QED) is 0.216. The molecular weight excluding hydrogens is 665 g/mol. The number of hydrogen-bond donors (Lipinski definition) is 2. The summed E-state index contributed by atoms with van der Waals surface area (Å²) in [4.78, 5) is 41.6. The zero-order chi connectivity index (χ0) is 34.5. The van der Waals surface area contributed by atoms with Crippen molar-refractivity contribution in [2.45, 2.75) is 38.9 Å². The van der Waals surface area contributed by atoms with Crippen molar-refractivity contribution in [3.05, 3.63) is 76.0 Å². The van der Waals surface area contributed by atoms with Crippen LogP contribution >= 0.6 is 23.2 Å². The lowest BCUT2D eigenvalue weighted by Crippen LogP contribution is -2.47. The summed E-state index contributed by atoms with van der Waals surface area (Å²) in [7, 11) is 3.18. The first-order valence-electron chi connectivity index (χ1n) is 16.3. The number of ether oxygens (including phenoxy) is 2. The third kappa shape index (κ3) is 7.80. The molecule has 6 rings (SSSR count). The lowest BCUT2D eigenvalue weighted by molar-refractivity contribution is -0.130. The Kier molecular flexibility index (Phi) is 10.9. The van der Waals surface area contributed by atoms with Crippen LogP contribution in [0.1, 0.15) is 31.0 Å². The normalized spacial score (nSPS) is 16.5. The largest absolute Gasteiger partial charge is 0.481 e. The number of rotatable bonds is 11. The van der Waals surface area contributed by atoms with Gasteiger partial charge < -0.3 is 25.0 Å². The van der Waals surface area contributed by atoms with Gasteiger partial charge >= 0.3 is 0 Å². The first-order valence-corrected chi connectivity index (χ1v) is 17.0. The third-order valence-electron chi connectivity index (χ3n) is 8.96. The second-order valence-electron chi connectivity index (χ2n) is 12.1. The van der Waals surface area contributed by atoms with Gasteiger partial charge in [-0.15, -0.1) is 0 Å². The minimum absolute atomic E-state index is 0.0945. The molecule has 2 aliphatic rings. The molecule has 0 saturated carbocycles. The molecule has 2 aromatic carbocycles. The molecular formula is C36H39Cl2N7O4. The van der Waals surface area contributed by atoms with Crippen LogP contribution in [0.25, 0.3) is 33.6 Å². The van der Waals surface area contributed by atoms with E-state index < -0.39 is 0 Å². The van der Waals surface area contributed by atoms with Gasteiger partial charge in [0.15, 0.2) is 0 Å². The molecule has 4 aromatic rings. The molecule has 0 unspecified atom stereocenters. The first-order chi connectivity index (χ1) is 23.7. The van der Waals surface area contributed by atoms with Crippen molar-refractivity contribution >= 4 is 35.0 Å². The Balaban J connectivity index is 1.21. The van der Waals surface area contributed by atoms with Crippen molar-refractivity contribution < 1.29 is 19.1 Å². The smallest absolute Gasteiger partial charge is 0.237 e. The Morgan fingerprint density at radius 2 is 1.53 bits per heavy atom. The maximum Gasteiger partial charge on any atom is 0.237 e. The number of carbonyl (C=O) groups excluding carboxylic acids is 2. The highest BCUT2D eigenvalue weighted by Crippen LogP contribution is 2.42. The van der Waals surface area contributed by atoms with E-state index in [-0.39, 0.29) is 17.9 Å². The van der Waals surface area contributed by atoms with Crippen LogP contribution in [0.15, 0.2) is 54.7 Å². The van der Waals surface area contributed by atoms with Gasteiger partial charge in [-0.05, 0) is 12.5 Å². The SMILES string of the molecule is COc1nc(-c2cccc(-c3cccc(-c4cnc(CN5CCN(C(C)=O)CC5)c(OC)n4)c3Cl)c2Cl)ccc1CNC[C@@H]1CCC(=O)N1. The molecule has 0 spiro atoms. The number of aromatic nitrogens is 3. The van der Waals surface area contributed by atoms with E-state index in [4.69, 9.17) is 47.6 Å². The van der Waals surface area contributed by atoms with Gasteiger partial charge in [-0.1, -0.05) is 65.7 Å². The Hall–Kier alpha value is -4.29. The lowest BCUT2D eigenvalue weighted by atomic mass is 9.98. The van der Waals surface area contributed by atoms with E-state index in [0.717, 1.165) is 47.5 Å². The number of nitrogens with one attached hydrogen (secondary N) is 2. The van der Waals surface area contributed by atoms with Crippen molar-refractivity contribution in [2.24, 2.45) is 0 Å². The van der Waals surface area contributed by atoms with E-state index >= 15 is 0 Å². The maximum atomic E-state index is 11.7. The van der Waals surface area contributed by atoms with E-state index in [0.29, 0.717) is 77.9 Å². The highest BCUT2D eigenvalue weighted by Gasteiger charge is 2.23. The predicted molar refractivity (Wildman–Crippen MR) is 190 cm³/mol. The van der Waals surface area contributed by atoms with Crippen molar-refractivity contribution in [2.75, 3.05) is 46.9 Å². The number of pyridine rings is 1. The molecule has 1 atom stereocenters. The zero-order valence-electron chi connectivity index (χ0n) is 27.8. The van der Waals surface area contributed by atoms with Crippen LogP contribution in [0.2, 0.25) is 10.0 Å². The van der Waals surface area contributed by atoms with Crippen molar-refractivity contribution in [1.82, 2.24) is 35.4 Å². The van der Waals surface area contributed by atoms with Gasteiger partial charge in [0, 0.05) is 93.0 Å². The van der Waals surface area contributed by atoms with Crippen LogP contribution in [-0.4, -0.2) is 89.6 Å². The Labute approximate surface area is 296 Å². The average molecular weight is 705 g/mol. The fraction of sp³-hybridized carbons (Fsp3) is 0.361. The summed E-state index contributed by atoms with van der Waals surface area (Å²) in [5.74, 6) is 1.12. The maximum absolute atomic E-state index is 11.7. The average Bonchev–Trinajstić information content (AvgIpc) is 3.53. The van der Waals surface area contributed by atoms with Crippen molar-refractivity contribution in [1.29, 1.82) is 0 Å². The molecule has 4 heterocycles. The molecule has 256 valence electrons. The Morgan fingerprint density at radius 1 is 0.898 bits per heavy atom.